The first-order valence-corrected chi connectivity index (χ1v) is 11.9. The number of nitrogens with zero attached hydrogens (tertiary/aromatic N) is 1. The molecule has 0 aliphatic heterocycles. The number of benzene rings is 3. The fourth-order valence-corrected chi connectivity index (χ4v) is 3.54. The summed E-state index contributed by atoms with van der Waals surface area (Å²) in [7, 11) is 0. The number of rotatable bonds is 8. The largest absolute Gasteiger partial charge is 0.494 e. The van der Waals surface area contributed by atoms with Crippen LogP contribution in [0.4, 0.5) is 5.69 Å². The third kappa shape index (κ3) is 6.16. The summed E-state index contributed by atoms with van der Waals surface area (Å²) >= 11 is 5.33. The van der Waals surface area contributed by atoms with Crippen LogP contribution in [0.15, 0.2) is 71.1 Å². The number of ether oxygens (including phenoxy) is 2. The van der Waals surface area contributed by atoms with Crippen LogP contribution in [0.2, 0.25) is 0 Å². The Balaban J connectivity index is 1.39. The van der Waals surface area contributed by atoms with E-state index in [0.29, 0.717) is 34.8 Å². The average Bonchev–Trinajstić information content (AvgIpc) is 3.28. The highest BCUT2D eigenvalue weighted by Gasteiger charge is 2.12. The summed E-state index contributed by atoms with van der Waals surface area (Å²) in [4.78, 5) is 17.1. The Morgan fingerprint density at radius 2 is 1.74 bits per heavy atom. The van der Waals surface area contributed by atoms with Gasteiger partial charge in [-0.2, -0.15) is 0 Å². The molecule has 0 fully saturated rings. The maximum atomic E-state index is 12.6. The van der Waals surface area contributed by atoms with Gasteiger partial charge < -0.3 is 19.2 Å². The molecule has 0 saturated carbocycles. The van der Waals surface area contributed by atoms with Gasteiger partial charge in [0.2, 0.25) is 5.89 Å². The molecule has 0 radical (unpaired) electrons. The zero-order valence-corrected chi connectivity index (χ0v) is 20.6. The lowest BCUT2D eigenvalue weighted by molar-refractivity contribution is 0.0977. The molecule has 4 aromatic rings. The Morgan fingerprint density at radius 1 is 1.03 bits per heavy atom. The van der Waals surface area contributed by atoms with E-state index in [1.54, 1.807) is 24.3 Å². The SMILES string of the molecule is CCOc1ccc(-c2nc3cc(NC(=S)NC(=O)c4ccc(O[C@@H](C)CC)cc4)ccc3o2)cc1. The minimum atomic E-state index is -0.308. The standard InChI is InChI=1S/C27H27N3O4S/c1-4-17(3)33-22-13-6-18(7-14-22)25(31)30-27(35)28-20-10-15-24-23(16-20)29-26(34-24)19-8-11-21(12-9-19)32-5-2/h6-17H,4-5H2,1-3H3,(H2,28,30,31,35)/t17-/m0/s1. The molecule has 1 heterocycles. The monoisotopic (exact) mass is 489 g/mol. The topological polar surface area (TPSA) is 85.6 Å². The van der Waals surface area contributed by atoms with Gasteiger partial charge in [-0.25, -0.2) is 4.98 Å². The highest BCUT2D eigenvalue weighted by Crippen LogP contribution is 2.27. The highest BCUT2D eigenvalue weighted by atomic mass is 32.1. The molecule has 1 amide bonds. The van der Waals surface area contributed by atoms with Crippen molar-refractivity contribution in [2.75, 3.05) is 11.9 Å². The van der Waals surface area contributed by atoms with Crippen molar-refractivity contribution >= 4 is 40.0 Å². The number of thiocarbonyl (C=S) groups is 1. The van der Waals surface area contributed by atoms with Gasteiger partial charge in [-0.05, 0) is 99.2 Å². The molecular formula is C27H27N3O4S. The zero-order valence-electron chi connectivity index (χ0n) is 19.8. The minimum Gasteiger partial charge on any atom is -0.494 e. The predicted molar refractivity (Wildman–Crippen MR) is 141 cm³/mol. The Labute approximate surface area is 209 Å². The van der Waals surface area contributed by atoms with Crippen LogP contribution in [-0.4, -0.2) is 28.7 Å². The average molecular weight is 490 g/mol. The second-order valence-corrected chi connectivity index (χ2v) is 8.34. The smallest absolute Gasteiger partial charge is 0.257 e. The Morgan fingerprint density at radius 3 is 2.43 bits per heavy atom. The number of hydrogen-bond donors (Lipinski definition) is 2. The first-order chi connectivity index (χ1) is 16.9. The third-order valence-corrected chi connectivity index (χ3v) is 5.52. The quantitative estimate of drug-likeness (QED) is 0.285. The van der Waals surface area contributed by atoms with Crippen LogP contribution in [0, 0.1) is 0 Å². The molecule has 0 bridgehead atoms. The summed E-state index contributed by atoms with van der Waals surface area (Å²) in [5, 5.41) is 5.91. The highest BCUT2D eigenvalue weighted by molar-refractivity contribution is 7.80. The van der Waals surface area contributed by atoms with Crippen LogP contribution in [0.5, 0.6) is 11.5 Å². The van der Waals surface area contributed by atoms with Crippen molar-refractivity contribution in [2.45, 2.75) is 33.3 Å². The van der Waals surface area contributed by atoms with E-state index < -0.39 is 0 Å². The summed E-state index contributed by atoms with van der Waals surface area (Å²) < 4.78 is 17.1. The van der Waals surface area contributed by atoms with Crippen molar-refractivity contribution in [1.82, 2.24) is 10.3 Å². The summed E-state index contributed by atoms with van der Waals surface area (Å²) in [5.41, 5.74) is 3.34. The summed E-state index contributed by atoms with van der Waals surface area (Å²) in [6.07, 6.45) is 1.02. The number of aromatic nitrogens is 1. The van der Waals surface area contributed by atoms with Crippen molar-refractivity contribution in [3.63, 3.8) is 0 Å². The second-order valence-electron chi connectivity index (χ2n) is 7.93. The molecular weight excluding hydrogens is 462 g/mol. The fourth-order valence-electron chi connectivity index (χ4n) is 3.33. The van der Waals surface area contributed by atoms with Gasteiger partial charge in [0.1, 0.15) is 17.0 Å². The lowest BCUT2D eigenvalue weighted by Crippen LogP contribution is -2.34. The third-order valence-electron chi connectivity index (χ3n) is 5.31. The first kappa shape index (κ1) is 24.2. The number of nitrogens with one attached hydrogen (secondary N) is 2. The number of oxazole rings is 1. The Bertz CT molecular complexity index is 1320. The van der Waals surface area contributed by atoms with Crippen LogP contribution in [0.1, 0.15) is 37.6 Å². The first-order valence-electron chi connectivity index (χ1n) is 11.5. The van der Waals surface area contributed by atoms with Crippen LogP contribution in [0.3, 0.4) is 0 Å². The number of amides is 1. The maximum Gasteiger partial charge on any atom is 0.257 e. The van der Waals surface area contributed by atoms with Gasteiger partial charge in [-0.3, -0.25) is 10.1 Å². The minimum absolute atomic E-state index is 0.116. The molecule has 4 rings (SSSR count). The van der Waals surface area contributed by atoms with Crippen LogP contribution < -0.4 is 20.1 Å². The predicted octanol–water partition coefficient (Wildman–Crippen LogP) is 6.20. The van der Waals surface area contributed by atoms with Gasteiger partial charge in [0.25, 0.3) is 5.91 Å². The maximum absolute atomic E-state index is 12.6. The molecule has 0 saturated heterocycles. The number of carbonyl (C=O) groups excluding carboxylic acids is 1. The molecule has 35 heavy (non-hydrogen) atoms. The Kier molecular flexibility index (Phi) is 7.62. The molecule has 0 aliphatic carbocycles. The van der Waals surface area contributed by atoms with E-state index in [0.717, 1.165) is 23.5 Å². The van der Waals surface area contributed by atoms with Gasteiger partial charge in [-0.15, -0.1) is 0 Å². The molecule has 180 valence electrons. The zero-order chi connectivity index (χ0) is 24.8. The number of carbonyl (C=O) groups is 1. The van der Waals surface area contributed by atoms with E-state index in [4.69, 9.17) is 26.1 Å². The number of hydrogen-bond acceptors (Lipinski definition) is 6. The van der Waals surface area contributed by atoms with Crippen LogP contribution >= 0.6 is 12.2 Å². The van der Waals surface area contributed by atoms with E-state index in [1.165, 1.54) is 0 Å². The molecule has 1 aromatic heterocycles. The van der Waals surface area contributed by atoms with E-state index >= 15 is 0 Å². The van der Waals surface area contributed by atoms with Crippen LogP contribution in [0.25, 0.3) is 22.6 Å². The second kappa shape index (κ2) is 11.0. The molecule has 1 atom stereocenters. The molecule has 7 nitrogen and oxygen atoms in total. The van der Waals surface area contributed by atoms with E-state index in [1.807, 2.05) is 56.3 Å². The summed E-state index contributed by atoms with van der Waals surface area (Å²) in [5.74, 6) is 1.72. The molecule has 8 heteroatoms. The molecule has 2 N–H and O–H groups in total. The number of anilines is 1. The van der Waals surface area contributed by atoms with Crippen molar-refractivity contribution in [3.8, 4) is 23.0 Å². The molecule has 0 unspecified atom stereocenters. The molecule has 3 aromatic carbocycles. The fraction of sp³-hybridized carbons (Fsp3) is 0.222. The lowest BCUT2D eigenvalue weighted by atomic mass is 10.2. The van der Waals surface area contributed by atoms with Crippen molar-refractivity contribution in [2.24, 2.45) is 0 Å². The van der Waals surface area contributed by atoms with E-state index in [2.05, 4.69) is 22.5 Å². The lowest BCUT2D eigenvalue weighted by Gasteiger charge is -2.13. The van der Waals surface area contributed by atoms with Gasteiger partial charge in [-0.1, -0.05) is 6.92 Å². The van der Waals surface area contributed by atoms with Crippen LogP contribution in [-0.2, 0) is 0 Å². The van der Waals surface area contributed by atoms with E-state index in [-0.39, 0.29) is 17.1 Å². The van der Waals surface area contributed by atoms with Gasteiger partial charge in [0, 0.05) is 16.8 Å². The van der Waals surface area contributed by atoms with Crippen molar-refractivity contribution < 1.29 is 18.7 Å². The molecule has 0 aliphatic rings. The molecule has 0 spiro atoms. The van der Waals surface area contributed by atoms with Crippen molar-refractivity contribution in [1.29, 1.82) is 0 Å². The van der Waals surface area contributed by atoms with E-state index in [9.17, 15) is 4.79 Å². The summed E-state index contributed by atoms with van der Waals surface area (Å²) in [6, 6.07) is 20.0. The van der Waals surface area contributed by atoms with Crippen molar-refractivity contribution in [3.05, 3.63) is 72.3 Å². The Hall–Kier alpha value is -3.91. The normalized spacial score (nSPS) is 11.6. The van der Waals surface area contributed by atoms with Gasteiger partial charge in [0.15, 0.2) is 10.7 Å². The van der Waals surface area contributed by atoms with Gasteiger partial charge >= 0.3 is 0 Å². The summed E-state index contributed by atoms with van der Waals surface area (Å²) in [6.45, 7) is 6.61. The number of fused-ring (bicyclic) bond motifs is 1. The van der Waals surface area contributed by atoms with Gasteiger partial charge in [0.05, 0.1) is 12.7 Å².